The fraction of sp³-hybridized carbons (Fsp3) is 0.538. The Bertz CT molecular complexity index is 466. The SMILES string of the molecule is CC(C)(C)OC(=O)N1CCCc2cc(N)cnc21. The predicted molar refractivity (Wildman–Crippen MR) is 70.6 cm³/mol. The van der Waals surface area contributed by atoms with Gasteiger partial charge in [0, 0.05) is 6.54 Å². The van der Waals surface area contributed by atoms with Gasteiger partial charge in [-0.05, 0) is 45.2 Å². The van der Waals surface area contributed by atoms with Gasteiger partial charge < -0.3 is 10.5 Å². The second kappa shape index (κ2) is 4.48. The fourth-order valence-electron chi connectivity index (χ4n) is 1.98. The van der Waals surface area contributed by atoms with Gasteiger partial charge in [-0.2, -0.15) is 0 Å². The number of hydrogen-bond donors (Lipinski definition) is 1. The van der Waals surface area contributed by atoms with Gasteiger partial charge in [0.1, 0.15) is 11.4 Å². The molecule has 0 atom stereocenters. The highest BCUT2D eigenvalue weighted by Gasteiger charge is 2.28. The van der Waals surface area contributed by atoms with E-state index in [1.165, 1.54) is 0 Å². The average Bonchev–Trinajstić information content (AvgIpc) is 2.25. The number of anilines is 2. The van der Waals surface area contributed by atoms with Crippen LogP contribution in [0, 0.1) is 0 Å². The van der Waals surface area contributed by atoms with E-state index < -0.39 is 5.60 Å². The van der Waals surface area contributed by atoms with Crippen molar-refractivity contribution in [2.45, 2.75) is 39.2 Å². The first-order valence-corrected chi connectivity index (χ1v) is 6.12. The molecule has 0 unspecified atom stereocenters. The number of hydrogen-bond acceptors (Lipinski definition) is 4. The number of aromatic nitrogens is 1. The summed E-state index contributed by atoms with van der Waals surface area (Å²) in [6, 6.07) is 1.87. The third kappa shape index (κ3) is 2.72. The predicted octanol–water partition coefficient (Wildman–Crippen LogP) is 2.35. The number of rotatable bonds is 0. The summed E-state index contributed by atoms with van der Waals surface area (Å²) >= 11 is 0. The van der Waals surface area contributed by atoms with Gasteiger partial charge in [-0.15, -0.1) is 0 Å². The van der Waals surface area contributed by atoms with Gasteiger partial charge in [-0.1, -0.05) is 0 Å². The van der Waals surface area contributed by atoms with Crippen LogP contribution in [-0.4, -0.2) is 23.2 Å². The van der Waals surface area contributed by atoms with Crippen LogP contribution >= 0.6 is 0 Å². The smallest absolute Gasteiger partial charge is 0.416 e. The van der Waals surface area contributed by atoms with Crippen LogP contribution in [0.5, 0.6) is 0 Å². The second-order valence-corrected chi connectivity index (χ2v) is 5.49. The van der Waals surface area contributed by atoms with E-state index in [-0.39, 0.29) is 6.09 Å². The van der Waals surface area contributed by atoms with Crippen LogP contribution in [0.2, 0.25) is 0 Å². The van der Waals surface area contributed by atoms with E-state index in [2.05, 4.69) is 4.98 Å². The van der Waals surface area contributed by atoms with Crippen LogP contribution in [0.15, 0.2) is 12.3 Å². The largest absolute Gasteiger partial charge is 0.443 e. The van der Waals surface area contributed by atoms with Crippen LogP contribution in [0.4, 0.5) is 16.3 Å². The molecule has 18 heavy (non-hydrogen) atoms. The maximum absolute atomic E-state index is 12.1. The third-order valence-corrected chi connectivity index (χ3v) is 2.66. The highest BCUT2D eigenvalue weighted by atomic mass is 16.6. The fourth-order valence-corrected chi connectivity index (χ4v) is 1.98. The average molecular weight is 249 g/mol. The molecule has 98 valence electrons. The number of amides is 1. The summed E-state index contributed by atoms with van der Waals surface area (Å²) in [7, 11) is 0. The van der Waals surface area contributed by atoms with Crippen molar-refractivity contribution in [2.75, 3.05) is 17.2 Å². The summed E-state index contributed by atoms with van der Waals surface area (Å²) in [6.07, 6.45) is 3.02. The van der Waals surface area contributed by atoms with Crippen molar-refractivity contribution in [1.29, 1.82) is 0 Å². The molecule has 5 heteroatoms. The zero-order valence-electron chi connectivity index (χ0n) is 11.1. The van der Waals surface area contributed by atoms with Crippen LogP contribution in [0.3, 0.4) is 0 Å². The number of pyridine rings is 1. The van der Waals surface area contributed by atoms with Crippen molar-refractivity contribution < 1.29 is 9.53 Å². The number of nitrogen functional groups attached to an aromatic ring is 1. The lowest BCUT2D eigenvalue weighted by Crippen LogP contribution is -2.40. The Hall–Kier alpha value is -1.78. The molecule has 5 nitrogen and oxygen atoms in total. The number of carbonyl (C=O) groups excluding carboxylic acids is 1. The highest BCUT2D eigenvalue weighted by molar-refractivity contribution is 5.88. The maximum atomic E-state index is 12.1. The molecule has 2 rings (SSSR count). The first-order valence-electron chi connectivity index (χ1n) is 6.12. The lowest BCUT2D eigenvalue weighted by molar-refractivity contribution is 0.0576. The molecule has 0 radical (unpaired) electrons. The molecule has 0 fully saturated rings. The minimum atomic E-state index is -0.498. The van der Waals surface area contributed by atoms with E-state index in [4.69, 9.17) is 10.5 Å². The normalized spacial score (nSPS) is 15.2. The third-order valence-electron chi connectivity index (χ3n) is 2.66. The van der Waals surface area contributed by atoms with Gasteiger partial charge in [0.15, 0.2) is 0 Å². The number of carbonyl (C=O) groups is 1. The molecule has 1 aromatic heterocycles. The zero-order chi connectivity index (χ0) is 13.3. The van der Waals surface area contributed by atoms with Crippen molar-refractivity contribution in [2.24, 2.45) is 0 Å². The summed E-state index contributed by atoms with van der Waals surface area (Å²) < 4.78 is 5.38. The molecule has 0 spiro atoms. The molecule has 2 heterocycles. The van der Waals surface area contributed by atoms with Gasteiger partial charge in [-0.3, -0.25) is 4.90 Å². The monoisotopic (exact) mass is 249 g/mol. The summed E-state index contributed by atoms with van der Waals surface area (Å²) in [5.41, 5.74) is 6.84. The first kappa shape index (κ1) is 12.7. The van der Waals surface area contributed by atoms with Gasteiger partial charge in [0.05, 0.1) is 11.9 Å². The summed E-state index contributed by atoms with van der Waals surface area (Å²) in [5, 5.41) is 0. The Morgan fingerprint density at radius 1 is 1.50 bits per heavy atom. The van der Waals surface area contributed by atoms with E-state index in [0.717, 1.165) is 18.4 Å². The summed E-state index contributed by atoms with van der Waals surface area (Å²) in [4.78, 5) is 17.9. The zero-order valence-corrected chi connectivity index (χ0v) is 11.1. The molecule has 1 amide bonds. The van der Waals surface area contributed by atoms with Crippen LogP contribution in [0.1, 0.15) is 32.8 Å². The standard InChI is InChI=1S/C13H19N3O2/c1-13(2,3)18-12(17)16-6-4-5-9-7-10(14)8-15-11(9)16/h7-8H,4-6,14H2,1-3H3. The lowest BCUT2D eigenvalue weighted by atomic mass is 10.1. The highest BCUT2D eigenvalue weighted by Crippen LogP contribution is 2.27. The molecular weight excluding hydrogens is 230 g/mol. The molecule has 0 saturated heterocycles. The van der Waals surface area contributed by atoms with Gasteiger partial charge in [0.25, 0.3) is 0 Å². The first-order chi connectivity index (χ1) is 8.37. The van der Waals surface area contributed by atoms with Crippen molar-refractivity contribution in [3.63, 3.8) is 0 Å². The van der Waals surface area contributed by atoms with E-state index in [1.54, 1.807) is 11.1 Å². The van der Waals surface area contributed by atoms with Crippen molar-refractivity contribution >= 4 is 17.6 Å². The molecule has 0 bridgehead atoms. The van der Waals surface area contributed by atoms with E-state index in [1.807, 2.05) is 26.8 Å². The minimum absolute atomic E-state index is 0.347. The van der Waals surface area contributed by atoms with Crippen LogP contribution < -0.4 is 10.6 Å². The molecule has 1 aliphatic heterocycles. The Kier molecular flexibility index (Phi) is 3.15. The quantitative estimate of drug-likeness (QED) is 0.766. The molecule has 2 N–H and O–H groups in total. The van der Waals surface area contributed by atoms with Crippen molar-refractivity contribution in [3.8, 4) is 0 Å². The second-order valence-electron chi connectivity index (χ2n) is 5.49. The number of ether oxygens (including phenoxy) is 1. The van der Waals surface area contributed by atoms with E-state index >= 15 is 0 Å². The summed E-state index contributed by atoms with van der Waals surface area (Å²) in [6.45, 7) is 6.20. The molecule has 1 aliphatic rings. The molecular formula is C13H19N3O2. The number of aryl methyl sites for hydroxylation is 1. The Balaban J connectivity index is 2.25. The maximum Gasteiger partial charge on any atom is 0.416 e. The Labute approximate surface area is 107 Å². The molecule has 0 aromatic carbocycles. The number of nitrogens with zero attached hydrogens (tertiary/aromatic N) is 2. The molecule has 0 aliphatic carbocycles. The number of fused-ring (bicyclic) bond motifs is 1. The Morgan fingerprint density at radius 3 is 2.89 bits per heavy atom. The van der Waals surface area contributed by atoms with Gasteiger partial charge >= 0.3 is 6.09 Å². The Morgan fingerprint density at radius 2 is 2.22 bits per heavy atom. The van der Waals surface area contributed by atoms with Gasteiger partial charge in [0.2, 0.25) is 0 Å². The van der Waals surface area contributed by atoms with Gasteiger partial charge in [-0.25, -0.2) is 9.78 Å². The van der Waals surface area contributed by atoms with E-state index in [0.29, 0.717) is 18.1 Å². The van der Waals surface area contributed by atoms with Crippen molar-refractivity contribution in [1.82, 2.24) is 4.98 Å². The molecule has 0 saturated carbocycles. The van der Waals surface area contributed by atoms with Crippen molar-refractivity contribution in [3.05, 3.63) is 17.8 Å². The topological polar surface area (TPSA) is 68.5 Å². The molecule has 1 aromatic rings. The summed E-state index contributed by atoms with van der Waals surface area (Å²) in [5.74, 6) is 0.671. The van der Waals surface area contributed by atoms with Crippen LogP contribution in [0.25, 0.3) is 0 Å². The minimum Gasteiger partial charge on any atom is -0.443 e. The van der Waals surface area contributed by atoms with E-state index in [9.17, 15) is 4.79 Å². The van der Waals surface area contributed by atoms with Crippen LogP contribution in [-0.2, 0) is 11.2 Å². The number of nitrogens with two attached hydrogens (primary N) is 1. The lowest BCUT2D eigenvalue weighted by Gasteiger charge is -2.30.